The third-order valence-electron chi connectivity index (χ3n) is 6.63. The summed E-state index contributed by atoms with van der Waals surface area (Å²) in [6, 6.07) is 10.8. The molecule has 0 unspecified atom stereocenters. The molecule has 28 heavy (non-hydrogen) atoms. The fourth-order valence-corrected chi connectivity index (χ4v) is 6.09. The van der Waals surface area contributed by atoms with E-state index < -0.39 is 0 Å². The summed E-state index contributed by atoms with van der Waals surface area (Å²) in [5.41, 5.74) is 3.32. The Bertz CT molecular complexity index is 670. The Labute approximate surface area is 194 Å². The first-order chi connectivity index (χ1) is 11.1. The Morgan fingerprint density at radius 2 is 1.36 bits per heavy atom. The summed E-state index contributed by atoms with van der Waals surface area (Å²) >= 11 is 0. The van der Waals surface area contributed by atoms with Gasteiger partial charge in [-0.05, 0) is 56.3 Å². The van der Waals surface area contributed by atoms with E-state index in [0.29, 0.717) is 5.54 Å². The first-order valence-corrected chi connectivity index (χ1v) is 9.64. The van der Waals surface area contributed by atoms with E-state index in [1.54, 1.807) is 0 Å². The maximum Gasteiger partial charge on any atom is 0.140 e. The predicted molar refractivity (Wildman–Crippen MR) is 124 cm³/mol. The quantitative estimate of drug-likeness (QED) is 0.398. The van der Waals surface area contributed by atoms with Gasteiger partial charge in [-0.3, -0.25) is 0 Å². The molecule has 4 aliphatic rings. The number of aryl methyl sites for hydroxylation is 2. The van der Waals surface area contributed by atoms with Crippen LogP contribution in [-0.2, 0) is 21.7 Å². The van der Waals surface area contributed by atoms with Crippen LogP contribution in [0.15, 0.2) is 30.3 Å². The Kier molecular flexibility index (Phi) is 12.6. The van der Waals surface area contributed by atoms with Crippen molar-refractivity contribution in [1.82, 2.24) is 4.98 Å². The van der Waals surface area contributed by atoms with Crippen LogP contribution >= 0.6 is 0 Å². The van der Waals surface area contributed by atoms with Gasteiger partial charge < -0.3 is 34.7 Å². The largest absolute Gasteiger partial charge is 0.358 e. The smallest absolute Gasteiger partial charge is 0.140 e. The monoisotopic (exact) mass is 429 g/mol. The van der Waals surface area contributed by atoms with Gasteiger partial charge in [0.15, 0.2) is 0 Å². The second-order valence-electron chi connectivity index (χ2n) is 8.36. The molecule has 157 valence electrons. The fraction of sp³-hybridized carbons (Fsp3) is 0.480. The molecule has 3 radical (unpaired) electrons. The second kappa shape index (κ2) is 11.8. The minimum absolute atomic E-state index is 0. The molecule has 0 aliphatic heterocycles. The molecule has 1 N–H and O–H groups in total. The Balaban J connectivity index is 0. The molecule has 4 fully saturated rings. The second-order valence-corrected chi connectivity index (χ2v) is 8.61. The molecule has 2 aromatic carbocycles. The van der Waals surface area contributed by atoms with Crippen LogP contribution in [-0.4, -0.2) is 15.9 Å². The van der Waals surface area contributed by atoms with Crippen molar-refractivity contribution in [2.75, 3.05) is 0 Å². The van der Waals surface area contributed by atoms with Crippen molar-refractivity contribution in [3.8, 4) is 0 Å². The van der Waals surface area contributed by atoms with Crippen LogP contribution in [0.4, 0.5) is 0 Å². The van der Waals surface area contributed by atoms with Gasteiger partial charge in [0.25, 0.3) is 0 Å². The number of hydrogen-bond acceptors (Lipinski definition) is 1. The fourth-order valence-electron chi connectivity index (χ4n) is 5.78. The molecule has 0 spiro atoms. The molecular formula is C25H39NSiTi-5. The molecule has 0 atom stereocenters. The minimum atomic E-state index is 0. The minimum Gasteiger partial charge on any atom is -0.358 e. The van der Waals surface area contributed by atoms with Gasteiger partial charge in [0.05, 0.1) is 0 Å². The van der Waals surface area contributed by atoms with Crippen molar-refractivity contribution in [1.29, 1.82) is 0 Å². The van der Waals surface area contributed by atoms with E-state index in [2.05, 4.69) is 59.6 Å². The van der Waals surface area contributed by atoms with Crippen LogP contribution < -0.4 is 4.98 Å². The van der Waals surface area contributed by atoms with E-state index in [-0.39, 0.29) is 51.4 Å². The molecule has 0 heterocycles. The summed E-state index contributed by atoms with van der Waals surface area (Å²) in [5, 5.41) is 2.76. The average molecular weight is 430 g/mol. The van der Waals surface area contributed by atoms with E-state index in [1.807, 2.05) is 0 Å². The maximum absolute atomic E-state index is 3.54. The Morgan fingerprint density at radius 1 is 0.893 bits per heavy atom. The molecule has 0 aromatic heterocycles. The molecule has 6 rings (SSSR count). The van der Waals surface area contributed by atoms with Gasteiger partial charge in [0.1, 0.15) is 10.4 Å². The summed E-state index contributed by atoms with van der Waals surface area (Å²) in [5.74, 6) is 3.17. The number of hydrogen-bond donors (Lipinski definition) is 1. The van der Waals surface area contributed by atoms with Crippen molar-refractivity contribution in [3.05, 3.63) is 71.2 Å². The number of fused-ring (bicyclic) bond motifs is 1. The molecular weight excluding hydrogens is 390 g/mol. The molecule has 4 aliphatic carbocycles. The maximum atomic E-state index is 3.54. The van der Waals surface area contributed by atoms with E-state index in [0.717, 1.165) is 17.8 Å². The molecule has 4 saturated carbocycles. The van der Waals surface area contributed by atoms with Crippen molar-refractivity contribution in [2.45, 2.75) is 57.9 Å². The van der Waals surface area contributed by atoms with Gasteiger partial charge in [0, 0.05) is 27.3 Å². The van der Waals surface area contributed by atoms with Crippen LogP contribution in [0.25, 0.3) is 10.8 Å². The summed E-state index contributed by atoms with van der Waals surface area (Å²) in [6.45, 7) is 4.34. The van der Waals surface area contributed by atoms with E-state index >= 15 is 0 Å². The first-order valence-electron chi connectivity index (χ1n) is 9.14. The van der Waals surface area contributed by atoms with Crippen LogP contribution in [0.5, 0.6) is 0 Å². The molecule has 0 amide bonds. The van der Waals surface area contributed by atoms with Gasteiger partial charge in [-0.1, -0.05) is 19.9 Å². The van der Waals surface area contributed by atoms with Crippen molar-refractivity contribution in [2.24, 2.45) is 17.8 Å². The molecule has 3 heteroatoms. The molecule has 0 saturated heterocycles. The zero-order valence-corrected chi connectivity index (χ0v) is 21.4. The van der Waals surface area contributed by atoms with Crippen molar-refractivity contribution >= 4 is 21.2 Å². The Hall–Kier alpha value is -0.279. The van der Waals surface area contributed by atoms with Gasteiger partial charge in [-0.2, -0.15) is 5.56 Å². The normalized spacial score (nSPS) is 28.3. The van der Waals surface area contributed by atoms with Gasteiger partial charge >= 0.3 is 0 Å². The van der Waals surface area contributed by atoms with Gasteiger partial charge in [-0.15, -0.1) is 40.6 Å². The SMILES string of the molecule is Cc1[cH-]c2ccccc2c1C.[CH3-].[CH3-].[CH3-].[CH3-].[Si]NC12CC3CC(CC(C3)C1)C2.[Ti]. The number of nitrogens with one attached hydrogen (secondary N) is 1. The zero-order valence-electron chi connectivity index (χ0n) is 18.9. The van der Waals surface area contributed by atoms with Crippen LogP contribution in [0.3, 0.4) is 0 Å². The van der Waals surface area contributed by atoms with E-state index in [1.165, 1.54) is 60.4 Å². The molecule has 4 bridgehead atoms. The van der Waals surface area contributed by atoms with E-state index in [4.69, 9.17) is 0 Å². The van der Waals surface area contributed by atoms with Crippen molar-refractivity contribution < 1.29 is 21.7 Å². The Morgan fingerprint density at radius 3 is 1.79 bits per heavy atom. The topological polar surface area (TPSA) is 12.0 Å². The van der Waals surface area contributed by atoms with E-state index in [9.17, 15) is 0 Å². The number of benzene rings is 1. The van der Waals surface area contributed by atoms with Crippen molar-refractivity contribution in [3.63, 3.8) is 0 Å². The summed E-state index contributed by atoms with van der Waals surface area (Å²) in [7, 11) is 3.54. The summed E-state index contributed by atoms with van der Waals surface area (Å²) in [4.78, 5) is 3.42. The van der Waals surface area contributed by atoms with Crippen LogP contribution in [0.1, 0.15) is 49.7 Å². The van der Waals surface area contributed by atoms with Gasteiger partial charge in [-0.25, -0.2) is 0 Å². The van der Waals surface area contributed by atoms with Crippen LogP contribution in [0.2, 0.25) is 0 Å². The standard InChI is InChI=1S/C11H11.C10H16NSi.4CH3.Ti/c1-8-7-10-5-3-4-6-11(10)9(8)2;12-11-10-4-7-1-8(5-10)3-9(2-7)6-10;;;;;/h3-7H,1-2H3;7-9,11H,1-6H2;4*1H3;/q-1;;4*-1;. The predicted octanol–water partition coefficient (Wildman–Crippen LogP) is 6.60. The first kappa shape index (κ1) is 29.9. The zero-order chi connectivity index (χ0) is 16.0. The van der Waals surface area contributed by atoms with Gasteiger partial charge in [0.2, 0.25) is 0 Å². The third-order valence-corrected chi connectivity index (χ3v) is 7.16. The third kappa shape index (κ3) is 5.66. The molecule has 1 nitrogen and oxygen atoms in total. The number of rotatable bonds is 1. The molecule has 2 aromatic rings. The van der Waals surface area contributed by atoms with Crippen LogP contribution in [0, 0.1) is 61.3 Å². The average Bonchev–Trinajstić information content (AvgIpc) is 2.82. The summed E-state index contributed by atoms with van der Waals surface area (Å²) in [6.07, 6.45) is 8.90. The summed E-state index contributed by atoms with van der Waals surface area (Å²) < 4.78 is 0.